The van der Waals surface area contributed by atoms with E-state index in [0.717, 1.165) is 21.9 Å². The lowest BCUT2D eigenvalue weighted by Gasteiger charge is -2.19. The highest BCUT2D eigenvalue weighted by molar-refractivity contribution is 7.17. The van der Waals surface area contributed by atoms with E-state index in [-0.39, 0.29) is 18.4 Å². The summed E-state index contributed by atoms with van der Waals surface area (Å²) in [4.78, 5) is 33.2. The van der Waals surface area contributed by atoms with Crippen molar-refractivity contribution in [1.29, 1.82) is 0 Å². The molecule has 0 aliphatic carbocycles. The van der Waals surface area contributed by atoms with Gasteiger partial charge >= 0.3 is 0 Å². The van der Waals surface area contributed by atoms with Crippen LogP contribution in [0.5, 0.6) is 0 Å². The molecule has 5 nitrogen and oxygen atoms in total. The van der Waals surface area contributed by atoms with Gasteiger partial charge in [-0.3, -0.25) is 9.59 Å². The van der Waals surface area contributed by atoms with Crippen LogP contribution in [-0.4, -0.2) is 34.8 Å². The number of aromatic nitrogens is 1. The van der Waals surface area contributed by atoms with Gasteiger partial charge in [-0.25, -0.2) is 4.98 Å². The summed E-state index contributed by atoms with van der Waals surface area (Å²) >= 11 is 2.98. The highest BCUT2D eigenvalue weighted by Crippen LogP contribution is 2.29. The summed E-state index contributed by atoms with van der Waals surface area (Å²) in [5, 5.41) is 5.68. The number of aryl methyl sites for hydroxylation is 2. The Morgan fingerprint density at radius 2 is 1.90 bits per heavy atom. The van der Waals surface area contributed by atoms with Crippen molar-refractivity contribution in [3.8, 4) is 10.6 Å². The normalized spacial score (nSPS) is 10.7. The Hall–Kier alpha value is -2.51. The fourth-order valence-electron chi connectivity index (χ4n) is 2.90. The number of nitrogens with zero attached hydrogens (tertiary/aromatic N) is 2. The molecule has 2 heterocycles. The molecule has 0 aliphatic rings. The van der Waals surface area contributed by atoms with Gasteiger partial charge in [0.25, 0.3) is 5.91 Å². The van der Waals surface area contributed by atoms with Crippen LogP contribution in [0, 0.1) is 6.92 Å². The summed E-state index contributed by atoms with van der Waals surface area (Å²) in [6, 6.07) is 12.2. The van der Waals surface area contributed by atoms with E-state index in [1.807, 2.05) is 43.5 Å². The zero-order valence-electron chi connectivity index (χ0n) is 16.9. The summed E-state index contributed by atoms with van der Waals surface area (Å²) in [6.45, 7) is 6.83. The average molecular weight is 428 g/mol. The molecule has 0 saturated carbocycles. The molecule has 1 aromatic carbocycles. The van der Waals surface area contributed by atoms with Crippen LogP contribution in [0.2, 0.25) is 0 Å². The third-order valence-corrected chi connectivity index (χ3v) is 6.71. The summed E-state index contributed by atoms with van der Waals surface area (Å²) in [5.41, 5.74) is 2.97. The first-order valence-electron chi connectivity index (χ1n) is 9.66. The second kappa shape index (κ2) is 9.80. The minimum Gasteiger partial charge on any atom is -0.350 e. The van der Waals surface area contributed by atoms with Crippen molar-refractivity contribution in [2.75, 3.05) is 13.1 Å². The van der Waals surface area contributed by atoms with Gasteiger partial charge in [-0.15, -0.1) is 22.7 Å². The molecule has 0 unspecified atom stereocenters. The van der Waals surface area contributed by atoms with Gasteiger partial charge in [0.2, 0.25) is 5.91 Å². The Balaban J connectivity index is 1.68. The van der Waals surface area contributed by atoms with E-state index < -0.39 is 0 Å². The maximum Gasteiger partial charge on any atom is 0.266 e. The number of likely N-dealkylation sites (N-methyl/N-ethyl adjacent to an activating group) is 1. The van der Waals surface area contributed by atoms with Gasteiger partial charge in [0.1, 0.15) is 9.88 Å². The van der Waals surface area contributed by atoms with Gasteiger partial charge in [-0.1, -0.05) is 37.3 Å². The van der Waals surface area contributed by atoms with E-state index in [0.29, 0.717) is 23.7 Å². The number of rotatable bonds is 8. The molecule has 29 heavy (non-hydrogen) atoms. The second-order valence-electron chi connectivity index (χ2n) is 6.66. The summed E-state index contributed by atoms with van der Waals surface area (Å²) < 4.78 is 0. The number of thiophene rings is 1. The Labute approximate surface area is 179 Å². The van der Waals surface area contributed by atoms with E-state index in [1.54, 1.807) is 16.2 Å². The third-order valence-electron chi connectivity index (χ3n) is 4.64. The number of thiazole rings is 1. The number of carbonyl (C=O) groups excluding carboxylic acids is 2. The Kier molecular flexibility index (Phi) is 7.17. The molecule has 0 aliphatic heterocycles. The minimum atomic E-state index is -0.161. The van der Waals surface area contributed by atoms with Crippen LogP contribution in [0.4, 0.5) is 0 Å². The fourth-order valence-corrected chi connectivity index (χ4v) is 4.58. The molecule has 0 atom stereocenters. The maximum atomic E-state index is 13.0. The highest BCUT2D eigenvalue weighted by Gasteiger charge is 2.22. The Morgan fingerprint density at radius 3 is 2.52 bits per heavy atom. The Bertz CT molecular complexity index is 963. The molecule has 0 saturated heterocycles. The smallest absolute Gasteiger partial charge is 0.266 e. The molecule has 2 amide bonds. The van der Waals surface area contributed by atoms with Gasteiger partial charge < -0.3 is 10.2 Å². The molecule has 152 valence electrons. The number of hydrogen-bond acceptors (Lipinski definition) is 5. The zero-order valence-corrected chi connectivity index (χ0v) is 18.5. The predicted octanol–water partition coefficient (Wildman–Crippen LogP) is 4.52. The van der Waals surface area contributed by atoms with Crippen molar-refractivity contribution >= 4 is 34.5 Å². The lowest BCUT2D eigenvalue weighted by Crippen LogP contribution is -2.40. The van der Waals surface area contributed by atoms with E-state index >= 15 is 0 Å². The number of benzene rings is 1. The van der Waals surface area contributed by atoms with Crippen molar-refractivity contribution < 1.29 is 9.59 Å². The quantitative estimate of drug-likeness (QED) is 0.575. The first-order valence-corrected chi connectivity index (χ1v) is 11.4. The standard InChI is InChI=1S/C22H25N3O2S2/c1-4-16-8-10-17(11-9-16)21-24-15(3)20(29-21)22(27)25(5-2)14-19(26)23-13-18-7-6-12-28-18/h6-12H,4-5,13-14H2,1-3H3,(H,23,26). The van der Waals surface area contributed by atoms with Crippen LogP contribution in [0.25, 0.3) is 10.6 Å². The van der Waals surface area contributed by atoms with Crippen LogP contribution in [0.15, 0.2) is 41.8 Å². The lowest BCUT2D eigenvalue weighted by molar-refractivity contribution is -0.121. The SMILES string of the molecule is CCc1ccc(-c2nc(C)c(C(=O)N(CC)CC(=O)NCc3cccs3)s2)cc1. The van der Waals surface area contributed by atoms with Crippen molar-refractivity contribution in [3.63, 3.8) is 0 Å². The molecular formula is C22H25N3O2S2. The van der Waals surface area contributed by atoms with Crippen molar-refractivity contribution in [3.05, 3.63) is 62.8 Å². The van der Waals surface area contributed by atoms with Crippen LogP contribution < -0.4 is 5.32 Å². The van der Waals surface area contributed by atoms with Crippen LogP contribution in [0.1, 0.15) is 39.7 Å². The predicted molar refractivity (Wildman–Crippen MR) is 119 cm³/mol. The average Bonchev–Trinajstić information content (AvgIpc) is 3.39. The molecule has 0 spiro atoms. The number of nitrogens with one attached hydrogen (secondary N) is 1. The lowest BCUT2D eigenvalue weighted by atomic mass is 10.1. The number of amides is 2. The molecule has 2 aromatic heterocycles. The van der Waals surface area contributed by atoms with Gasteiger partial charge in [0, 0.05) is 17.0 Å². The van der Waals surface area contributed by atoms with Crippen LogP contribution >= 0.6 is 22.7 Å². The van der Waals surface area contributed by atoms with E-state index in [2.05, 4.69) is 29.4 Å². The third kappa shape index (κ3) is 5.31. The van der Waals surface area contributed by atoms with Crippen LogP contribution in [-0.2, 0) is 17.8 Å². The molecule has 0 radical (unpaired) electrons. The van der Waals surface area contributed by atoms with Crippen LogP contribution in [0.3, 0.4) is 0 Å². The van der Waals surface area contributed by atoms with Crippen molar-refractivity contribution in [2.24, 2.45) is 0 Å². The topological polar surface area (TPSA) is 62.3 Å². The zero-order chi connectivity index (χ0) is 20.8. The van der Waals surface area contributed by atoms with Gasteiger partial charge in [0.15, 0.2) is 0 Å². The largest absolute Gasteiger partial charge is 0.350 e. The van der Waals surface area contributed by atoms with Gasteiger partial charge in [-0.05, 0) is 37.3 Å². The maximum absolute atomic E-state index is 13.0. The second-order valence-corrected chi connectivity index (χ2v) is 8.69. The molecule has 7 heteroatoms. The summed E-state index contributed by atoms with van der Waals surface area (Å²) in [5.74, 6) is -0.309. The first-order chi connectivity index (χ1) is 14.0. The number of hydrogen-bond donors (Lipinski definition) is 1. The summed E-state index contributed by atoms with van der Waals surface area (Å²) in [6.07, 6.45) is 0.987. The van der Waals surface area contributed by atoms with E-state index in [1.165, 1.54) is 16.9 Å². The number of carbonyl (C=O) groups is 2. The monoisotopic (exact) mass is 427 g/mol. The first kappa shape index (κ1) is 21.2. The van der Waals surface area contributed by atoms with Crippen molar-refractivity contribution in [2.45, 2.75) is 33.7 Å². The minimum absolute atomic E-state index is 0.0403. The molecule has 3 aromatic rings. The van der Waals surface area contributed by atoms with Crippen molar-refractivity contribution in [1.82, 2.24) is 15.2 Å². The Morgan fingerprint density at radius 1 is 1.14 bits per heavy atom. The van der Waals surface area contributed by atoms with Gasteiger partial charge in [0.05, 0.1) is 18.8 Å². The molecule has 1 N–H and O–H groups in total. The fraction of sp³-hybridized carbons (Fsp3) is 0.318. The van der Waals surface area contributed by atoms with E-state index in [4.69, 9.17) is 0 Å². The van der Waals surface area contributed by atoms with Gasteiger partial charge in [-0.2, -0.15) is 0 Å². The van der Waals surface area contributed by atoms with E-state index in [9.17, 15) is 9.59 Å². The highest BCUT2D eigenvalue weighted by atomic mass is 32.1. The molecule has 3 rings (SSSR count). The summed E-state index contributed by atoms with van der Waals surface area (Å²) in [7, 11) is 0. The molecule has 0 fully saturated rings. The molecule has 0 bridgehead atoms. The molecular weight excluding hydrogens is 402 g/mol.